The smallest absolute Gasteiger partial charge is 0.147 e. The molecule has 0 bridgehead atoms. The Bertz CT molecular complexity index is 634. The molecule has 3 nitrogen and oxygen atoms in total. The summed E-state index contributed by atoms with van der Waals surface area (Å²) in [5, 5.41) is 3.77. The van der Waals surface area contributed by atoms with Crippen molar-refractivity contribution in [2.24, 2.45) is 0 Å². The summed E-state index contributed by atoms with van der Waals surface area (Å²) in [6, 6.07) is 11.3. The highest BCUT2D eigenvalue weighted by Crippen LogP contribution is 2.39. The molecule has 0 aliphatic carbocycles. The Balaban J connectivity index is 2.46. The fourth-order valence-corrected chi connectivity index (χ4v) is 2.53. The van der Waals surface area contributed by atoms with Crippen LogP contribution >= 0.6 is 27.5 Å². The van der Waals surface area contributed by atoms with Crippen LogP contribution in [0.3, 0.4) is 0 Å². The highest BCUT2D eigenvalue weighted by molar-refractivity contribution is 9.10. The second kappa shape index (κ2) is 7.16. The van der Waals surface area contributed by atoms with E-state index < -0.39 is 0 Å². The van der Waals surface area contributed by atoms with E-state index in [0.29, 0.717) is 10.8 Å². The van der Waals surface area contributed by atoms with E-state index in [9.17, 15) is 0 Å². The molecule has 0 aliphatic heterocycles. The van der Waals surface area contributed by atoms with Crippen LogP contribution in [0.4, 0.5) is 0 Å². The van der Waals surface area contributed by atoms with Crippen LogP contribution in [0.1, 0.15) is 18.5 Å². The molecule has 0 heterocycles. The minimum absolute atomic E-state index is 0.0853. The van der Waals surface area contributed by atoms with Crippen LogP contribution in [-0.2, 0) is 0 Å². The molecule has 0 radical (unpaired) electrons. The van der Waals surface area contributed by atoms with E-state index in [4.69, 9.17) is 21.1 Å². The third-order valence-electron chi connectivity index (χ3n) is 3.23. The van der Waals surface area contributed by atoms with E-state index >= 15 is 0 Å². The highest BCUT2D eigenvalue weighted by Gasteiger charge is 2.17. The van der Waals surface area contributed by atoms with Gasteiger partial charge in [-0.05, 0) is 44.3 Å². The first-order chi connectivity index (χ1) is 10.1. The molecule has 1 unspecified atom stereocenters. The average Bonchev–Trinajstić information content (AvgIpc) is 2.49. The van der Waals surface area contributed by atoms with Gasteiger partial charge >= 0.3 is 0 Å². The molecule has 0 aliphatic rings. The van der Waals surface area contributed by atoms with E-state index in [1.807, 2.05) is 44.3 Å². The van der Waals surface area contributed by atoms with E-state index in [-0.39, 0.29) is 6.04 Å². The summed E-state index contributed by atoms with van der Waals surface area (Å²) in [5.74, 6) is 2.10. The molecule has 2 rings (SSSR count). The Morgan fingerprint density at radius 3 is 2.52 bits per heavy atom. The third kappa shape index (κ3) is 3.70. The van der Waals surface area contributed by atoms with Crippen LogP contribution in [0.25, 0.3) is 0 Å². The fourth-order valence-electron chi connectivity index (χ4n) is 2.04. The van der Waals surface area contributed by atoms with Crippen molar-refractivity contribution in [1.29, 1.82) is 0 Å². The van der Waals surface area contributed by atoms with E-state index in [0.717, 1.165) is 21.5 Å². The normalized spacial score (nSPS) is 12.0. The number of methoxy groups -OCH3 is 1. The van der Waals surface area contributed by atoms with Crippen molar-refractivity contribution in [3.8, 4) is 17.2 Å². The summed E-state index contributed by atoms with van der Waals surface area (Å²) in [6.45, 7) is 2.05. The number of ether oxygens (including phenoxy) is 2. The lowest BCUT2D eigenvalue weighted by atomic mass is 10.1. The number of nitrogens with one attached hydrogen (secondary N) is 1. The Morgan fingerprint density at radius 1 is 1.14 bits per heavy atom. The maximum atomic E-state index is 6.19. The lowest BCUT2D eigenvalue weighted by molar-refractivity contribution is 0.393. The van der Waals surface area contributed by atoms with Crippen molar-refractivity contribution in [3.63, 3.8) is 0 Å². The first kappa shape index (κ1) is 16.1. The minimum atomic E-state index is 0.0853. The molecule has 0 saturated carbocycles. The molecule has 21 heavy (non-hydrogen) atoms. The van der Waals surface area contributed by atoms with Crippen molar-refractivity contribution < 1.29 is 9.47 Å². The topological polar surface area (TPSA) is 30.5 Å². The van der Waals surface area contributed by atoms with Gasteiger partial charge in [-0.2, -0.15) is 0 Å². The predicted octanol–water partition coefficient (Wildman–Crippen LogP) is 5.18. The van der Waals surface area contributed by atoms with Crippen molar-refractivity contribution >= 4 is 27.5 Å². The first-order valence-corrected chi connectivity index (χ1v) is 7.71. The lowest BCUT2D eigenvalue weighted by Crippen LogP contribution is -2.14. The Labute approximate surface area is 138 Å². The van der Waals surface area contributed by atoms with Gasteiger partial charge in [0.25, 0.3) is 0 Å². The molecule has 5 heteroatoms. The van der Waals surface area contributed by atoms with Gasteiger partial charge in [-0.25, -0.2) is 0 Å². The van der Waals surface area contributed by atoms with Gasteiger partial charge in [0.15, 0.2) is 0 Å². The van der Waals surface area contributed by atoms with Crippen LogP contribution in [-0.4, -0.2) is 14.2 Å². The van der Waals surface area contributed by atoms with Crippen molar-refractivity contribution in [1.82, 2.24) is 5.32 Å². The van der Waals surface area contributed by atoms with Crippen LogP contribution in [0.2, 0.25) is 5.02 Å². The predicted molar refractivity (Wildman–Crippen MR) is 89.7 cm³/mol. The SMILES string of the molecule is CNC(C)c1c(OC)cccc1Oc1cc(Br)ccc1Cl. The molecule has 0 aromatic heterocycles. The quantitative estimate of drug-likeness (QED) is 0.786. The van der Waals surface area contributed by atoms with Crippen LogP contribution in [0.5, 0.6) is 17.2 Å². The van der Waals surface area contributed by atoms with E-state index in [1.54, 1.807) is 13.2 Å². The number of rotatable bonds is 5. The fraction of sp³-hybridized carbons (Fsp3) is 0.250. The Morgan fingerprint density at radius 2 is 1.86 bits per heavy atom. The zero-order valence-corrected chi connectivity index (χ0v) is 14.5. The van der Waals surface area contributed by atoms with Gasteiger partial charge in [0, 0.05) is 10.5 Å². The molecular weight excluding hydrogens is 354 g/mol. The van der Waals surface area contributed by atoms with Gasteiger partial charge in [0.1, 0.15) is 17.2 Å². The van der Waals surface area contributed by atoms with Crippen molar-refractivity contribution in [2.45, 2.75) is 13.0 Å². The average molecular weight is 371 g/mol. The third-order valence-corrected chi connectivity index (χ3v) is 4.03. The summed E-state index contributed by atoms with van der Waals surface area (Å²) in [7, 11) is 3.55. The lowest BCUT2D eigenvalue weighted by Gasteiger charge is -2.19. The first-order valence-electron chi connectivity index (χ1n) is 6.54. The Kier molecular flexibility index (Phi) is 5.51. The second-order valence-corrected chi connectivity index (χ2v) is 5.88. The molecule has 0 saturated heterocycles. The zero-order chi connectivity index (χ0) is 15.4. The Hall–Kier alpha value is -1.23. The summed E-state index contributed by atoms with van der Waals surface area (Å²) in [5.41, 5.74) is 0.957. The number of hydrogen-bond donors (Lipinski definition) is 1. The molecule has 112 valence electrons. The zero-order valence-electron chi connectivity index (χ0n) is 12.1. The minimum Gasteiger partial charge on any atom is -0.496 e. The summed E-state index contributed by atoms with van der Waals surface area (Å²) in [4.78, 5) is 0. The molecule has 0 amide bonds. The highest BCUT2D eigenvalue weighted by atomic mass is 79.9. The second-order valence-electron chi connectivity index (χ2n) is 4.56. The number of hydrogen-bond acceptors (Lipinski definition) is 3. The van der Waals surface area contributed by atoms with Gasteiger partial charge in [0.2, 0.25) is 0 Å². The van der Waals surface area contributed by atoms with Gasteiger partial charge in [-0.1, -0.05) is 33.6 Å². The van der Waals surface area contributed by atoms with Crippen LogP contribution in [0, 0.1) is 0 Å². The molecular formula is C16H17BrClNO2. The van der Waals surface area contributed by atoms with Gasteiger partial charge < -0.3 is 14.8 Å². The van der Waals surface area contributed by atoms with Gasteiger partial charge in [-0.15, -0.1) is 0 Å². The molecule has 2 aromatic rings. The van der Waals surface area contributed by atoms with Crippen molar-refractivity contribution in [3.05, 3.63) is 51.5 Å². The monoisotopic (exact) mass is 369 g/mol. The largest absolute Gasteiger partial charge is 0.496 e. The summed E-state index contributed by atoms with van der Waals surface area (Å²) >= 11 is 9.62. The van der Waals surface area contributed by atoms with Crippen molar-refractivity contribution in [2.75, 3.05) is 14.2 Å². The molecule has 1 N–H and O–H groups in total. The summed E-state index contributed by atoms with van der Waals surface area (Å²) < 4.78 is 12.4. The van der Waals surface area contributed by atoms with E-state index in [2.05, 4.69) is 21.2 Å². The van der Waals surface area contributed by atoms with Gasteiger partial charge in [-0.3, -0.25) is 0 Å². The molecule has 0 spiro atoms. The summed E-state index contributed by atoms with van der Waals surface area (Å²) in [6.07, 6.45) is 0. The maximum Gasteiger partial charge on any atom is 0.147 e. The van der Waals surface area contributed by atoms with E-state index in [1.165, 1.54) is 0 Å². The molecule has 1 atom stereocenters. The standard InChI is InChI=1S/C16H17BrClNO2/c1-10(19-2)16-13(20-3)5-4-6-14(16)21-15-9-11(17)7-8-12(15)18/h4-10,19H,1-3H3. The number of halogens is 2. The van der Waals surface area contributed by atoms with Gasteiger partial charge in [0.05, 0.1) is 17.7 Å². The molecule has 0 fully saturated rings. The van der Waals surface area contributed by atoms with Crippen LogP contribution < -0.4 is 14.8 Å². The molecule has 2 aromatic carbocycles. The van der Waals surface area contributed by atoms with Crippen LogP contribution in [0.15, 0.2) is 40.9 Å². The maximum absolute atomic E-state index is 6.19. The number of benzene rings is 2.